The highest BCUT2D eigenvalue weighted by molar-refractivity contribution is 5.86. The van der Waals surface area contributed by atoms with Crippen LogP contribution in [0.1, 0.15) is 17.5 Å². The number of hydrogen-bond donors (Lipinski definition) is 2. The second kappa shape index (κ2) is 12.2. The van der Waals surface area contributed by atoms with Crippen LogP contribution in [-0.2, 0) is 9.59 Å². The summed E-state index contributed by atoms with van der Waals surface area (Å²) < 4.78 is 11.0. The minimum absolute atomic E-state index is 0.671. The van der Waals surface area contributed by atoms with E-state index in [0.717, 1.165) is 54.2 Å². The number of anilines is 2. The number of rotatable bonds is 12. The Morgan fingerprint density at radius 2 is 1.18 bits per heavy atom. The summed E-state index contributed by atoms with van der Waals surface area (Å²) in [6.45, 7) is 1.54. The van der Waals surface area contributed by atoms with Gasteiger partial charge in [-0.1, -0.05) is 12.1 Å². The molecule has 0 spiro atoms. The Kier molecular flexibility index (Phi) is 9.35. The van der Waals surface area contributed by atoms with Crippen LogP contribution < -0.4 is 19.3 Å². The first-order valence-electron chi connectivity index (χ1n) is 10.4. The van der Waals surface area contributed by atoms with Gasteiger partial charge >= 0.3 is 11.9 Å². The molecule has 8 heteroatoms. The Morgan fingerprint density at radius 1 is 0.788 bits per heavy atom. The maximum Gasteiger partial charge on any atom is 0.328 e. The summed E-state index contributed by atoms with van der Waals surface area (Å²) in [6, 6.07) is 11.1. The lowest BCUT2D eigenvalue weighted by Gasteiger charge is -2.25. The molecule has 0 saturated heterocycles. The molecule has 0 fully saturated rings. The van der Waals surface area contributed by atoms with Gasteiger partial charge in [0.25, 0.3) is 0 Å². The van der Waals surface area contributed by atoms with Crippen molar-refractivity contribution in [2.24, 2.45) is 0 Å². The van der Waals surface area contributed by atoms with Crippen molar-refractivity contribution in [2.75, 3.05) is 51.2 Å². The molecule has 0 aliphatic rings. The fourth-order valence-electron chi connectivity index (χ4n) is 3.35. The van der Waals surface area contributed by atoms with Crippen LogP contribution in [0, 0.1) is 0 Å². The van der Waals surface area contributed by atoms with Gasteiger partial charge in [0.2, 0.25) is 0 Å². The van der Waals surface area contributed by atoms with Crippen molar-refractivity contribution >= 4 is 35.5 Å². The third-order valence-corrected chi connectivity index (χ3v) is 5.05. The molecule has 33 heavy (non-hydrogen) atoms. The first kappa shape index (κ1) is 25.3. The van der Waals surface area contributed by atoms with Crippen LogP contribution in [0.3, 0.4) is 0 Å². The van der Waals surface area contributed by atoms with Gasteiger partial charge in [0, 0.05) is 39.3 Å². The van der Waals surface area contributed by atoms with Crippen LogP contribution in [0.5, 0.6) is 11.5 Å². The zero-order valence-corrected chi connectivity index (χ0v) is 19.3. The van der Waals surface area contributed by atoms with E-state index in [0.29, 0.717) is 11.5 Å². The zero-order chi connectivity index (χ0) is 24.4. The number of nitrogens with zero attached hydrogens (tertiary/aromatic N) is 2. The third kappa shape index (κ3) is 7.60. The maximum atomic E-state index is 10.7. The highest BCUT2D eigenvalue weighted by atomic mass is 16.5. The van der Waals surface area contributed by atoms with Gasteiger partial charge in [-0.25, -0.2) is 9.59 Å². The summed E-state index contributed by atoms with van der Waals surface area (Å²) in [7, 11) is 7.14. The number of carboxylic acids is 2. The minimum Gasteiger partial charge on any atom is -0.495 e. The molecule has 0 heterocycles. The first-order chi connectivity index (χ1) is 15.7. The molecule has 0 saturated carbocycles. The van der Waals surface area contributed by atoms with Crippen molar-refractivity contribution in [1.82, 2.24) is 0 Å². The fraction of sp³-hybridized carbons (Fsp3) is 0.280. The van der Waals surface area contributed by atoms with Crippen molar-refractivity contribution in [3.05, 3.63) is 59.7 Å². The number of aliphatic carboxylic acids is 2. The van der Waals surface area contributed by atoms with Gasteiger partial charge in [-0.2, -0.15) is 0 Å². The molecule has 2 aromatic rings. The number of hydrogen-bond acceptors (Lipinski definition) is 6. The van der Waals surface area contributed by atoms with Gasteiger partial charge in [-0.15, -0.1) is 0 Å². The number of carbonyl (C=O) groups is 2. The van der Waals surface area contributed by atoms with Gasteiger partial charge in [0.15, 0.2) is 0 Å². The molecular weight excluding hydrogens is 424 g/mol. The summed E-state index contributed by atoms with van der Waals surface area (Å²) in [5.41, 5.74) is 3.33. The van der Waals surface area contributed by atoms with E-state index in [1.807, 2.05) is 50.5 Å². The Morgan fingerprint density at radius 3 is 1.52 bits per heavy atom. The SMILES string of the molecule is COc1cc(/C=C/C(=O)O)ccc1N(C)CCCN(C)c1ccc(/C=C/C(=O)O)cc1OC. The standard InChI is InChI=1S/C25H30N2O6/c1-26(20-10-6-18(8-12-24(28)29)16-22(20)32-3)14-5-15-27(2)21-11-7-19(9-13-25(30)31)17-23(21)33-4/h6-13,16-17H,5,14-15H2,1-4H3,(H,28,29)(H,30,31)/b12-8+,13-9+. The topological polar surface area (TPSA) is 99.5 Å². The van der Waals surface area contributed by atoms with Crippen molar-refractivity contribution in [1.29, 1.82) is 0 Å². The Labute approximate surface area is 194 Å². The summed E-state index contributed by atoms with van der Waals surface area (Å²) >= 11 is 0. The van der Waals surface area contributed by atoms with Crippen LogP contribution in [0.25, 0.3) is 12.2 Å². The van der Waals surface area contributed by atoms with Gasteiger partial charge in [0.05, 0.1) is 25.6 Å². The van der Waals surface area contributed by atoms with Crippen LogP contribution in [-0.4, -0.2) is 63.6 Å². The van der Waals surface area contributed by atoms with Crippen LogP contribution in [0.15, 0.2) is 48.6 Å². The van der Waals surface area contributed by atoms with E-state index in [2.05, 4.69) is 9.80 Å². The van der Waals surface area contributed by atoms with E-state index in [1.165, 1.54) is 12.2 Å². The predicted octanol–water partition coefficient (Wildman–Crippen LogP) is 3.86. The molecule has 0 bridgehead atoms. The van der Waals surface area contributed by atoms with E-state index in [1.54, 1.807) is 14.2 Å². The zero-order valence-electron chi connectivity index (χ0n) is 19.3. The van der Waals surface area contributed by atoms with Crippen molar-refractivity contribution in [3.8, 4) is 11.5 Å². The molecule has 0 aromatic heterocycles. The molecule has 2 rings (SSSR count). The van der Waals surface area contributed by atoms with Gasteiger partial charge in [-0.05, 0) is 54.0 Å². The average molecular weight is 455 g/mol. The summed E-state index contributed by atoms with van der Waals surface area (Å²) in [5, 5.41) is 17.6. The Bertz CT molecular complexity index is 950. The first-order valence-corrected chi connectivity index (χ1v) is 10.4. The number of benzene rings is 2. The predicted molar refractivity (Wildman–Crippen MR) is 130 cm³/mol. The van der Waals surface area contributed by atoms with Gasteiger partial charge in [0.1, 0.15) is 11.5 Å². The van der Waals surface area contributed by atoms with Gasteiger partial charge < -0.3 is 29.5 Å². The largest absolute Gasteiger partial charge is 0.495 e. The lowest BCUT2D eigenvalue weighted by Crippen LogP contribution is -2.25. The van der Waals surface area contributed by atoms with E-state index >= 15 is 0 Å². The fourth-order valence-corrected chi connectivity index (χ4v) is 3.35. The van der Waals surface area contributed by atoms with E-state index in [4.69, 9.17) is 19.7 Å². The summed E-state index contributed by atoms with van der Waals surface area (Å²) in [4.78, 5) is 25.6. The van der Waals surface area contributed by atoms with Crippen LogP contribution in [0.4, 0.5) is 11.4 Å². The molecule has 0 amide bonds. The molecule has 0 radical (unpaired) electrons. The quantitative estimate of drug-likeness (QED) is 0.467. The molecule has 8 nitrogen and oxygen atoms in total. The second-order valence-electron chi connectivity index (χ2n) is 7.40. The lowest BCUT2D eigenvalue weighted by molar-refractivity contribution is -0.132. The number of methoxy groups -OCH3 is 2. The molecule has 0 aliphatic carbocycles. The highest BCUT2D eigenvalue weighted by Gasteiger charge is 2.12. The smallest absolute Gasteiger partial charge is 0.328 e. The molecule has 2 aromatic carbocycles. The molecule has 0 unspecified atom stereocenters. The summed E-state index contributed by atoms with van der Waals surface area (Å²) in [6.07, 6.45) is 6.11. The van der Waals surface area contributed by atoms with Crippen molar-refractivity contribution in [3.63, 3.8) is 0 Å². The molecule has 0 atom stereocenters. The molecule has 2 N–H and O–H groups in total. The van der Waals surface area contributed by atoms with Crippen molar-refractivity contribution in [2.45, 2.75) is 6.42 Å². The van der Waals surface area contributed by atoms with E-state index < -0.39 is 11.9 Å². The minimum atomic E-state index is -0.998. The van der Waals surface area contributed by atoms with E-state index in [9.17, 15) is 9.59 Å². The Balaban J connectivity index is 2.02. The third-order valence-electron chi connectivity index (χ3n) is 5.05. The normalized spacial score (nSPS) is 11.0. The molecular formula is C25H30N2O6. The van der Waals surface area contributed by atoms with Gasteiger partial charge in [-0.3, -0.25) is 0 Å². The van der Waals surface area contributed by atoms with Crippen LogP contribution >= 0.6 is 0 Å². The molecule has 0 aliphatic heterocycles. The second-order valence-corrected chi connectivity index (χ2v) is 7.40. The maximum absolute atomic E-state index is 10.7. The highest BCUT2D eigenvalue weighted by Crippen LogP contribution is 2.31. The average Bonchev–Trinajstić information content (AvgIpc) is 2.80. The van der Waals surface area contributed by atoms with E-state index in [-0.39, 0.29) is 0 Å². The summed E-state index contributed by atoms with van der Waals surface area (Å²) in [5.74, 6) is -0.653. The molecule has 176 valence electrons. The monoisotopic (exact) mass is 454 g/mol. The van der Waals surface area contributed by atoms with Crippen LogP contribution in [0.2, 0.25) is 0 Å². The lowest BCUT2D eigenvalue weighted by atomic mass is 10.1. The number of ether oxygens (including phenoxy) is 2. The number of carboxylic acid groups (broad SMARTS) is 2. The van der Waals surface area contributed by atoms with Crippen molar-refractivity contribution < 1.29 is 29.3 Å². The Hall–Kier alpha value is -3.94.